The van der Waals surface area contributed by atoms with E-state index in [-0.39, 0.29) is 18.5 Å². The van der Waals surface area contributed by atoms with E-state index in [1.807, 2.05) is 20.8 Å². The fraction of sp³-hybridized carbons (Fsp3) is 0.800. The Hall–Kier alpha value is -0.970. The fourth-order valence-corrected chi connectivity index (χ4v) is 0.951. The molecular weight excluding hydrogens is 230 g/mol. The van der Waals surface area contributed by atoms with E-state index in [1.54, 1.807) is 7.05 Å². The first-order valence-corrected chi connectivity index (χ1v) is 5.03. The lowest BCUT2D eigenvalue weighted by molar-refractivity contribution is -0.118. The molecule has 0 atom stereocenters. The molecule has 16 heavy (non-hydrogen) atoms. The Bertz CT molecular complexity index is 239. The summed E-state index contributed by atoms with van der Waals surface area (Å²) in [4.78, 5) is 13.0. The van der Waals surface area contributed by atoms with Crippen LogP contribution in [0.5, 0.6) is 0 Å². The summed E-state index contributed by atoms with van der Waals surface area (Å²) in [5.74, 6) is 0.396. The van der Waals surface area contributed by atoms with Crippen LogP contribution in [0.2, 0.25) is 0 Å². The van der Waals surface area contributed by atoms with Crippen LogP contribution in [0.4, 0.5) is 4.79 Å². The lowest BCUT2D eigenvalue weighted by Crippen LogP contribution is -3.00. The number of rotatable bonds is 4. The summed E-state index contributed by atoms with van der Waals surface area (Å²) in [7, 11) is 1.70. The van der Waals surface area contributed by atoms with Gasteiger partial charge in [0.2, 0.25) is 5.84 Å². The standard InChI is InChI=1S/C10H21N3O2.ClH/c1-10(2,3)15-9(14)13(4)7-5-6-8(11)12;/h5-7H2,1-4H3,(H3,11,12);1H. The summed E-state index contributed by atoms with van der Waals surface area (Å²) in [6.45, 7) is 6.10. The predicted octanol–water partition coefficient (Wildman–Crippen LogP) is -3.25. The smallest absolute Gasteiger partial charge is 0.410 e. The highest BCUT2D eigenvalue weighted by Crippen LogP contribution is 2.09. The van der Waals surface area contributed by atoms with Gasteiger partial charge in [-0.3, -0.25) is 11.1 Å². The topological polar surface area (TPSA) is 81.1 Å². The number of ether oxygens (including phenoxy) is 1. The number of nitrogens with zero attached hydrogens (tertiary/aromatic N) is 1. The predicted molar refractivity (Wildman–Crippen MR) is 59.2 cm³/mol. The van der Waals surface area contributed by atoms with Crippen molar-refractivity contribution >= 4 is 11.9 Å². The van der Waals surface area contributed by atoms with Gasteiger partial charge in [0, 0.05) is 20.0 Å². The SMILES string of the molecule is CN(CCCC(N)=[NH2+])C(=O)OC(C)(C)C.[Cl-]. The molecular formula is C10H22ClN3O2. The molecule has 4 N–H and O–H groups in total. The van der Waals surface area contributed by atoms with Gasteiger partial charge in [-0.2, -0.15) is 0 Å². The van der Waals surface area contributed by atoms with Crippen molar-refractivity contribution in [1.29, 1.82) is 0 Å². The van der Waals surface area contributed by atoms with Gasteiger partial charge < -0.3 is 22.0 Å². The lowest BCUT2D eigenvalue weighted by atomic mass is 10.2. The van der Waals surface area contributed by atoms with Crippen molar-refractivity contribution in [2.24, 2.45) is 5.73 Å². The molecule has 0 unspecified atom stereocenters. The Kier molecular flexibility index (Phi) is 7.98. The van der Waals surface area contributed by atoms with Crippen LogP contribution in [0.1, 0.15) is 33.6 Å². The third kappa shape index (κ3) is 9.58. The van der Waals surface area contributed by atoms with E-state index in [1.165, 1.54) is 4.90 Å². The molecule has 0 spiro atoms. The zero-order chi connectivity index (χ0) is 12.1. The number of amides is 1. The van der Waals surface area contributed by atoms with E-state index in [9.17, 15) is 4.79 Å². The molecule has 0 bridgehead atoms. The minimum atomic E-state index is -0.454. The van der Waals surface area contributed by atoms with E-state index >= 15 is 0 Å². The average molecular weight is 252 g/mol. The monoisotopic (exact) mass is 251 g/mol. The van der Waals surface area contributed by atoms with E-state index in [0.29, 0.717) is 18.8 Å². The Labute approximate surface area is 103 Å². The van der Waals surface area contributed by atoms with Gasteiger partial charge in [0.05, 0.1) is 0 Å². The average Bonchev–Trinajstić information content (AvgIpc) is 1.99. The molecule has 0 aromatic rings. The maximum atomic E-state index is 11.5. The molecule has 0 aromatic carbocycles. The Balaban J connectivity index is 0. The number of halogens is 1. The largest absolute Gasteiger partial charge is 1.00 e. The van der Waals surface area contributed by atoms with Crippen LogP contribution in [-0.4, -0.2) is 36.0 Å². The second kappa shape index (κ2) is 7.33. The molecule has 0 saturated heterocycles. The summed E-state index contributed by atoms with van der Waals surface area (Å²) < 4.78 is 5.17. The van der Waals surface area contributed by atoms with Crippen LogP contribution in [0.3, 0.4) is 0 Å². The quantitative estimate of drug-likeness (QED) is 0.407. The van der Waals surface area contributed by atoms with E-state index < -0.39 is 5.60 Å². The molecule has 5 nitrogen and oxygen atoms in total. The van der Waals surface area contributed by atoms with E-state index in [2.05, 4.69) is 0 Å². The van der Waals surface area contributed by atoms with Crippen LogP contribution in [0, 0.1) is 0 Å². The van der Waals surface area contributed by atoms with Gasteiger partial charge in [0.15, 0.2) is 0 Å². The zero-order valence-electron chi connectivity index (χ0n) is 10.4. The lowest BCUT2D eigenvalue weighted by Gasteiger charge is -2.24. The van der Waals surface area contributed by atoms with E-state index in [0.717, 1.165) is 6.42 Å². The first kappa shape index (κ1) is 17.4. The van der Waals surface area contributed by atoms with Gasteiger partial charge in [0.1, 0.15) is 5.60 Å². The summed E-state index contributed by atoms with van der Waals surface area (Å²) >= 11 is 0. The summed E-state index contributed by atoms with van der Waals surface area (Å²) in [5.41, 5.74) is 4.86. The Morgan fingerprint density at radius 3 is 2.31 bits per heavy atom. The van der Waals surface area contributed by atoms with Gasteiger partial charge in [-0.1, -0.05) is 0 Å². The number of hydrogen-bond donors (Lipinski definition) is 2. The molecule has 0 aliphatic heterocycles. The maximum absolute atomic E-state index is 11.5. The van der Waals surface area contributed by atoms with Crippen molar-refractivity contribution in [2.45, 2.75) is 39.2 Å². The van der Waals surface area contributed by atoms with Crippen LogP contribution in [0.15, 0.2) is 0 Å². The highest BCUT2D eigenvalue weighted by molar-refractivity contribution is 5.73. The molecule has 0 aromatic heterocycles. The summed E-state index contributed by atoms with van der Waals surface area (Å²) in [6.07, 6.45) is 1.05. The van der Waals surface area contributed by atoms with Crippen molar-refractivity contribution in [2.75, 3.05) is 13.6 Å². The third-order valence-electron chi connectivity index (χ3n) is 1.66. The second-order valence-electron chi connectivity index (χ2n) is 4.58. The fourth-order valence-electron chi connectivity index (χ4n) is 0.951. The number of nitrogens with two attached hydrogens (primary N) is 2. The number of carbonyl (C=O) groups excluding carboxylic acids is 1. The maximum Gasteiger partial charge on any atom is 0.410 e. The van der Waals surface area contributed by atoms with Gasteiger partial charge in [0.25, 0.3) is 0 Å². The van der Waals surface area contributed by atoms with Gasteiger partial charge >= 0.3 is 6.09 Å². The third-order valence-corrected chi connectivity index (χ3v) is 1.66. The molecule has 0 aliphatic rings. The van der Waals surface area contributed by atoms with Crippen LogP contribution >= 0.6 is 0 Å². The Morgan fingerprint density at radius 1 is 1.44 bits per heavy atom. The van der Waals surface area contributed by atoms with Gasteiger partial charge in [-0.05, 0) is 27.2 Å². The second-order valence-corrected chi connectivity index (χ2v) is 4.58. The molecule has 96 valence electrons. The first-order chi connectivity index (χ1) is 6.72. The van der Waals surface area contributed by atoms with Crippen LogP contribution < -0.4 is 23.5 Å². The molecule has 0 rings (SSSR count). The molecule has 0 saturated carbocycles. The number of amidine groups is 1. The number of carbonyl (C=O) groups is 1. The van der Waals surface area contributed by atoms with Gasteiger partial charge in [-0.15, -0.1) is 0 Å². The van der Waals surface area contributed by atoms with Crippen LogP contribution in [0.25, 0.3) is 0 Å². The van der Waals surface area contributed by atoms with Crippen molar-refractivity contribution < 1.29 is 27.3 Å². The van der Waals surface area contributed by atoms with E-state index in [4.69, 9.17) is 15.9 Å². The van der Waals surface area contributed by atoms with Crippen molar-refractivity contribution in [1.82, 2.24) is 4.90 Å². The molecule has 1 amide bonds. The summed E-state index contributed by atoms with van der Waals surface area (Å²) in [5, 5.41) is 5.32. The molecule has 0 heterocycles. The number of hydrogen-bond acceptors (Lipinski definition) is 2. The molecule has 6 heteroatoms. The van der Waals surface area contributed by atoms with Crippen molar-refractivity contribution in [3.8, 4) is 0 Å². The normalized spacial score (nSPS) is 10.2. The van der Waals surface area contributed by atoms with Gasteiger partial charge in [-0.25, -0.2) is 4.79 Å². The minimum absolute atomic E-state index is 0. The highest BCUT2D eigenvalue weighted by atomic mass is 35.5. The zero-order valence-corrected chi connectivity index (χ0v) is 11.2. The van der Waals surface area contributed by atoms with Crippen molar-refractivity contribution in [3.63, 3.8) is 0 Å². The Morgan fingerprint density at radius 2 is 1.94 bits per heavy atom. The van der Waals surface area contributed by atoms with Crippen molar-refractivity contribution in [3.05, 3.63) is 0 Å². The first-order valence-electron chi connectivity index (χ1n) is 5.03. The molecule has 0 radical (unpaired) electrons. The highest BCUT2D eigenvalue weighted by Gasteiger charge is 2.19. The van der Waals surface area contributed by atoms with Crippen LogP contribution in [-0.2, 0) is 4.74 Å². The summed E-state index contributed by atoms with van der Waals surface area (Å²) in [6, 6.07) is 0. The molecule has 0 aliphatic carbocycles. The minimum Gasteiger partial charge on any atom is -1.00 e. The molecule has 0 fully saturated rings.